The molecule has 2 N–H and O–H groups in total. The second kappa shape index (κ2) is 6.77. The summed E-state index contributed by atoms with van der Waals surface area (Å²) in [4.78, 5) is 12.0. The van der Waals surface area contributed by atoms with Gasteiger partial charge < -0.3 is 15.5 Å². The molecule has 1 saturated carbocycles. The minimum absolute atomic E-state index is 0.149. The van der Waals surface area contributed by atoms with Gasteiger partial charge >= 0.3 is 0 Å². The highest BCUT2D eigenvalue weighted by Gasteiger charge is 2.27. The second-order valence-corrected chi connectivity index (χ2v) is 5.92. The van der Waals surface area contributed by atoms with E-state index >= 15 is 0 Å². The van der Waals surface area contributed by atoms with Crippen LogP contribution < -0.4 is 10.1 Å². The summed E-state index contributed by atoms with van der Waals surface area (Å²) in [5.41, 5.74) is 4.62. The minimum Gasteiger partial charge on any atom is -0.496 e. The smallest absolute Gasteiger partial charge is 0.244 e. The molecule has 4 heteroatoms. The van der Waals surface area contributed by atoms with Gasteiger partial charge in [-0.1, -0.05) is 6.07 Å². The van der Waals surface area contributed by atoms with Crippen molar-refractivity contribution in [3.63, 3.8) is 0 Å². The molecule has 22 heavy (non-hydrogen) atoms. The van der Waals surface area contributed by atoms with Gasteiger partial charge in [-0.3, -0.25) is 4.79 Å². The fourth-order valence-electron chi connectivity index (χ4n) is 2.56. The van der Waals surface area contributed by atoms with Crippen LogP contribution in [0, 0.1) is 25.2 Å². The van der Waals surface area contributed by atoms with Crippen molar-refractivity contribution in [3.05, 3.63) is 40.5 Å². The van der Waals surface area contributed by atoms with E-state index in [1.165, 1.54) is 6.08 Å². The molecule has 0 atom stereocenters. The molecule has 0 radical (unpaired) electrons. The molecule has 1 aromatic carbocycles. The van der Waals surface area contributed by atoms with Gasteiger partial charge in [0.2, 0.25) is 5.91 Å². The molecular weight excluding hydrogens is 276 g/mol. The third-order valence-corrected chi connectivity index (χ3v) is 4.20. The number of ether oxygens (including phenoxy) is 1. The third-order valence-electron chi connectivity index (χ3n) is 4.20. The molecule has 118 valence electrons. The van der Waals surface area contributed by atoms with Crippen LogP contribution in [0.1, 0.15) is 36.5 Å². The van der Waals surface area contributed by atoms with Crippen molar-refractivity contribution < 1.29 is 9.53 Å². The third kappa shape index (κ3) is 3.75. The number of hydrogen-bond acceptors (Lipinski definition) is 3. The van der Waals surface area contributed by atoms with E-state index in [9.17, 15) is 4.79 Å². The van der Waals surface area contributed by atoms with Gasteiger partial charge in [0.1, 0.15) is 5.75 Å². The van der Waals surface area contributed by atoms with Crippen molar-refractivity contribution in [3.8, 4) is 5.75 Å². The fraction of sp³-hybridized carbons (Fsp3) is 0.444. The van der Waals surface area contributed by atoms with Crippen LogP contribution in [0.25, 0.3) is 0 Å². The zero-order valence-corrected chi connectivity index (χ0v) is 13.7. The first-order valence-electron chi connectivity index (χ1n) is 7.62. The van der Waals surface area contributed by atoms with Crippen LogP contribution in [0.3, 0.4) is 0 Å². The highest BCUT2D eigenvalue weighted by atomic mass is 16.5. The number of carbonyl (C=O) groups excluding carboxylic acids is 1. The van der Waals surface area contributed by atoms with Gasteiger partial charge in [-0.05, 0) is 61.9 Å². The van der Waals surface area contributed by atoms with Crippen LogP contribution in [0.2, 0.25) is 0 Å². The van der Waals surface area contributed by atoms with Gasteiger partial charge in [0.15, 0.2) is 0 Å². The molecule has 1 fully saturated rings. The Morgan fingerprint density at radius 3 is 2.68 bits per heavy atom. The van der Waals surface area contributed by atoms with Crippen molar-refractivity contribution in [2.24, 2.45) is 5.92 Å². The van der Waals surface area contributed by atoms with Crippen LogP contribution in [-0.2, 0) is 11.3 Å². The monoisotopic (exact) mass is 300 g/mol. The average molecular weight is 300 g/mol. The maximum atomic E-state index is 12.0. The van der Waals surface area contributed by atoms with E-state index in [1.54, 1.807) is 7.11 Å². The maximum absolute atomic E-state index is 12.0. The molecule has 0 aromatic heterocycles. The van der Waals surface area contributed by atoms with Gasteiger partial charge in [0.05, 0.1) is 7.11 Å². The normalized spacial score (nSPS) is 14.6. The highest BCUT2D eigenvalue weighted by molar-refractivity contribution is 6.05. The minimum atomic E-state index is -0.149. The van der Waals surface area contributed by atoms with E-state index in [-0.39, 0.29) is 5.91 Å². The zero-order valence-electron chi connectivity index (χ0n) is 13.7. The van der Waals surface area contributed by atoms with E-state index in [1.807, 2.05) is 32.9 Å². The first kappa shape index (κ1) is 16.3. The number of methoxy groups -OCH3 is 1. The highest BCUT2D eigenvalue weighted by Crippen LogP contribution is 2.32. The van der Waals surface area contributed by atoms with Gasteiger partial charge in [-0.25, -0.2) is 0 Å². The molecule has 0 unspecified atom stereocenters. The number of aryl methyl sites for hydroxylation is 1. The SMILES string of the molecule is COc1ccc(C)c(CNC(=O)/C=C(/C)C(=N)C2CC2)c1C. The average Bonchev–Trinajstić information content (AvgIpc) is 3.31. The molecule has 2 rings (SSSR count). The summed E-state index contributed by atoms with van der Waals surface area (Å²) in [5.74, 6) is 1.05. The van der Waals surface area contributed by atoms with E-state index in [0.717, 1.165) is 40.9 Å². The molecule has 0 bridgehead atoms. The number of hydrogen-bond donors (Lipinski definition) is 2. The summed E-state index contributed by atoms with van der Waals surface area (Å²) in [6, 6.07) is 3.94. The summed E-state index contributed by atoms with van der Waals surface area (Å²) in [6.45, 7) is 6.32. The Morgan fingerprint density at radius 1 is 1.41 bits per heavy atom. The molecule has 0 heterocycles. The number of nitrogens with one attached hydrogen (secondary N) is 2. The summed E-state index contributed by atoms with van der Waals surface area (Å²) in [7, 11) is 1.65. The lowest BCUT2D eigenvalue weighted by molar-refractivity contribution is -0.116. The number of allylic oxidation sites excluding steroid dienone is 1. The van der Waals surface area contributed by atoms with Crippen LogP contribution in [0.5, 0.6) is 5.75 Å². The summed E-state index contributed by atoms with van der Waals surface area (Å²) >= 11 is 0. The first-order valence-corrected chi connectivity index (χ1v) is 7.62. The quantitative estimate of drug-likeness (QED) is 0.625. The summed E-state index contributed by atoms with van der Waals surface area (Å²) in [6.07, 6.45) is 3.69. The maximum Gasteiger partial charge on any atom is 0.244 e. The van der Waals surface area contributed by atoms with Crippen LogP contribution in [-0.4, -0.2) is 18.7 Å². The first-order chi connectivity index (χ1) is 10.4. The molecular formula is C18H24N2O2. The van der Waals surface area contributed by atoms with Crippen molar-refractivity contribution >= 4 is 11.6 Å². The Hall–Kier alpha value is -2.10. The predicted molar refractivity (Wildman–Crippen MR) is 88.5 cm³/mol. The molecule has 1 amide bonds. The lowest BCUT2D eigenvalue weighted by atomic mass is 10.0. The molecule has 4 nitrogen and oxygen atoms in total. The van der Waals surface area contributed by atoms with Gasteiger partial charge in [-0.15, -0.1) is 0 Å². The van der Waals surface area contributed by atoms with Gasteiger partial charge in [0.25, 0.3) is 0 Å². The Morgan fingerprint density at radius 2 is 2.09 bits per heavy atom. The van der Waals surface area contributed by atoms with Gasteiger partial charge in [-0.2, -0.15) is 0 Å². The Bertz CT molecular complexity index is 628. The molecule has 1 aliphatic rings. The van der Waals surface area contributed by atoms with Crippen molar-refractivity contribution in [1.29, 1.82) is 5.41 Å². The van der Waals surface area contributed by atoms with Gasteiger partial charge in [0, 0.05) is 24.3 Å². The van der Waals surface area contributed by atoms with Crippen molar-refractivity contribution in [2.45, 2.75) is 40.2 Å². The lowest BCUT2D eigenvalue weighted by Crippen LogP contribution is -2.22. The van der Waals surface area contributed by atoms with E-state index in [2.05, 4.69) is 5.32 Å². The molecule has 1 aromatic rings. The van der Waals surface area contributed by atoms with E-state index in [0.29, 0.717) is 18.2 Å². The zero-order chi connectivity index (χ0) is 16.3. The fourth-order valence-corrected chi connectivity index (χ4v) is 2.56. The van der Waals surface area contributed by atoms with Crippen molar-refractivity contribution in [2.75, 3.05) is 7.11 Å². The number of rotatable bonds is 6. The number of benzene rings is 1. The Balaban J connectivity index is 2.02. The van der Waals surface area contributed by atoms with E-state index < -0.39 is 0 Å². The molecule has 1 aliphatic carbocycles. The second-order valence-electron chi connectivity index (χ2n) is 5.92. The Labute approximate surface area is 132 Å². The standard InChI is InChI=1S/C18H24N2O2/c1-11-5-8-16(22-4)13(3)15(11)10-20-17(21)9-12(2)18(19)14-6-7-14/h5,8-9,14,19H,6-7,10H2,1-4H3,(H,20,21)/b12-9-,19-18?. The molecule has 0 spiro atoms. The number of amides is 1. The lowest BCUT2D eigenvalue weighted by Gasteiger charge is -2.14. The molecule has 0 aliphatic heterocycles. The van der Waals surface area contributed by atoms with E-state index in [4.69, 9.17) is 10.1 Å². The largest absolute Gasteiger partial charge is 0.496 e. The van der Waals surface area contributed by atoms with Crippen LogP contribution in [0.15, 0.2) is 23.8 Å². The summed E-state index contributed by atoms with van der Waals surface area (Å²) in [5, 5.41) is 10.9. The number of carbonyl (C=O) groups is 1. The predicted octanol–water partition coefficient (Wildman–Crippen LogP) is 3.30. The molecule has 0 saturated heterocycles. The topological polar surface area (TPSA) is 62.2 Å². The van der Waals surface area contributed by atoms with Crippen molar-refractivity contribution in [1.82, 2.24) is 5.32 Å². The summed E-state index contributed by atoms with van der Waals surface area (Å²) < 4.78 is 5.32. The van der Waals surface area contributed by atoms with Crippen LogP contribution >= 0.6 is 0 Å². The van der Waals surface area contributed by atoms with Crippen LogP contribution in [0.4, 0.5) is 0 Å². The Kier molecular flexibility index (Phi) is 5.01.